The summed E-state index contributed by atoms with van der Waals surface area (Å²) in [6, 6.07) is 20.8. The lowest BCUT2D eigenvalue weighted by Gasteiger charge is -2.46. The zero-order chi connectivity index (χ0) is 19.7. The zero-order valence-electron chi connectivity index (χ0n) is 15.6. The second kappa shape index (κ2) is 7.35. The molecule has 0 aliphatic carbocycles. The van der Waals surface area contributed by atoms with Crippen LogP contribution in [0.4, 0.5) is 10.1 Å². The molecule has 3 aromatic rings. The molecule has 5 heteroatoms. The maximum atomic E-state index is 13.3. The van der Waals surface area contributed by atoms with Gasteiger partial charge < -0.3 is 9.47 Å². The first-order valence-electron chi connectivity index (χ1n) is 9.03. The molecule has 4 nitrogen and oxygen atoms in total. The van der Waals surface area contributed by atoms with Crippen LogP contribution in [0.2, 0.25) is 0 Å². The number of hydrogen-bond donors (Lipinski definition) is 0. The number of halogens is 1. The Morgan fingerprint density at radius 2 is 1.46 bits per heavy atom. The second-order valence-corrected chi connectivity index (χ2v) is 6.75. The highest BCUT2D eigenvalue weighted by Gasteiger charge is 2.51. The van der Waals surface area contributed by atoms with E-state index >= 15 is 0 Å². The molecule has 1 saturated heterocycles. The summed E-state index contributed by atoms with van der Waals surface area (Å²) >= 11 is 0. The molecule has 0 aromatic heterocycles. The molecule has 0 bridgehead atoms. The normalized spacial score (nSPS) is 18.5. The maximum absolute atomic E-state index is 13.3. The maximum Gasteiger partial charge on any atom is 0.271 e. The van der Waals surface area contributed by atoms with Crippen molar-refractivity contribution in [2.75, 3.05) is 12.0 Å². The third-order valence-corrected chi connectivity index (χ3v) is 4.89. The molecule has 0 radical (unpaired) electrons. The van der Waals surface area contributed by atoms with Gasteiger partial charge in [-0.1, -0.05) is 29.8 Å². The van der Waals surface area contributed by atoms with E-state index in [9.17, 15) is 9.18 Å². The summed E-state index contributed by atoms with van der Waals surface area (Å²) < 4.78 is 24.5. The fraction of sp³-hybridized carbons (Fsp3) is 0.174. The molecule has 28 heavy (non-hydrogen) atoms. The van der Waals surface area contributed by atoms with Gasteiger partial charge in [0.05, 0.1) is 7.11 Å². The lowest BCUT2D eigenvalue weighted by Crippen LogP contribution is -2.61. The van der Waals surface area contributed by atoms with Gasteiger partial charge in [-0.3, -0.25) is 9.69 Å². The molecule has 1 heterocycles. The number of anilines is 1. The zero-order valence-corrected chi connectivity index (χ0v) is 15.6. The molecule has 4 rings (SSSR count). The summed E-state index contributed by atoms with van der Waals surface area (Å²) in [7, 11) is 1.60. The topological polar surface area (TPSA) is 38.8 Å². The molecule has 1 aliphatic rings. The fourth-order valence-electron chi connectivity index (χ4n) is 3.36. The van der Waals surface area contributed by atoms with E-state index in [0.29, 0.717) is 11.4 Å². The summed E-state index contributed by atoms with van der Waals surface area (Å²) in [5, 5.41) is 0. The van der Waals surface area contributed by atoms with E-state index in [1.54, 1.807) is 48.4 Å². The molecule has 0 saturated carbocycles. The minimum atomic E-state index is -0.652. The van der Waals surface area contributed by atoms with Crippen LogP contribution in [0, 0.1) is 12.7 Å². The van der Waals surface area contributed by atoms with E-state index in [1.807, 2.05) is 31.2 Å². The van der Waals surface area contributed by atoms with Crippen molar-refractivity contribution in [2.45, 2.75) is 19.1 Å². The molecule has 1 amide bonds. The summed E-state index contributed by atoms with van der Waals surface area (Å²) in [4.78, 5) is 14.6. The van der Waals surface area contributed by atoms with Crippen molar-refractivity contribution in [1.82, 2.24) is 0 Å². The van der Waals surface area contributed by atoms with Crippen LogP contribution in [-0.4, -0.2) is 19.1 Å². The third kappa shape index (κ3) is 3.31. The highest BCUT2D eigenvalue weighted by molar-refractivity contribution is 6.05. The standard InChI is InChI=1S/C23H20FNO3/c1-15-3-5-16(6-4-15)21-22(28-20-13-11-19(27-2)12-14-20)23(26)25(21)18-9-7-17(24)8-10-18/h3-14,21-22H,1-2H3/t21-,22-/m0/s1. The number of hydrogen-bond acceptors (Lipinski definition) is 3. The molecular weight excluding hydrogens is 357 g/mol. The minimum Gasteiger partial charge on any atom is -0.497 e. The van der Waals surface area contributed by atoms with Gasteiger partial charge in [0.15, 0.2) is 0 Å². The number of nitrogens with zero attached hydrogens (tertiary/aromatic N) is 1. The Hall–Kier alpha value is -3.34. The highest BCUT2D eigenvalue weighted by Crippen LogP contribution is 2.41. The van der Waals surface area contributed by atoms with E-state index in [2.05, 4.69) is 0 Å². The predicted octanol–water partition coefficient (Wildman–Crippen LogP) is 4.68. The first-order chi connectivity index (χ1) is 13.6. The Bertz CT molecular complexity index is 968. The van der Waals surface area contributed by atoms with Crippen molar-refractivity contribution >= 4 is 11.6 Å². The SMILES string of the molecule is COc1ccc(O[C@@H]2C(=O)N(c3ccc(F)cc3)[C@H]2c2ccc(C)cc2)cc1. The number of methoxy groups -OCH3 is 1. The Kier molecular flexibility index (Phi) is 4.74. The van der Waals surface area contributed by atoms with Gasteiger partial charge in [-0.2, -0.15) is 0 Å². The van der Waals surface area contributed by atoms with Crippen molar-refractivity contribution in [3.8, 4) is 11.5 Å². The van der Waals surface area contributed by atoms with Gasteiger partial charge in [0.2, 0.25) is 6.10 Å². The molecule has 2 atom stereocenters. The Morgan fingerprint density at radius 1 is 0.857 bits per heavy atom. The fourth-order valence-corrected chi connectivity index (χ4v) is 3.36. The molecule has 0 spiro atoms. The first kappa shape index (κ1) is 18.0. The van der Waals surface area contributed by atoms with Crippen LogP contribution >= 0.6 is 0 Å². The Labute approximate surface area is 163 Å². The molecule has 1 aliphatic heterocycles. The van der Waals surface area contributed by atoms with Crippen molar-refractivity contribution in [2.24, 2.45) is 0 Å². The van der Waals surface area contributed by atoms with Crippen LogP contribution in [-0.2, 0) is 4.79 Å². The number of carbonyl (C=O) groups is 1. The van der Waals surface area contributed by atoms with Crippen molar-refractivity contribution in [3.05, 3.63) is 89.7 Å². The Morgan fingerprint density at radius 3 is 2.07 bits per heavy atom. The lowest BCUT2D eigenvalue weighted by atomic mass is 9.89. The van der Waals surface area contributed by atoms with Gasteiger partial charge in [0.1, 0.15) is 23.4 Å². The van der Waals surface area contributed by atoms with Crippen LogP contribution in [0.1, 0.15) is 17.2 Å². The summed E-state index contributed by atoms with van der Waals surface area (Å²) in [5.41, 5.74) is 2.75. The average Bonchev–Trinajstić information content (AvgIpc) is 2.72. The van der Waals surface area contributed by atoms with Crippen LogP contribution < -0.4 is 14.4 Å². The van der Waals surface area contributed by atoms with E-state index in [0.717, 1.165) is 16.9 Å². The number of aryl methyl sites for hydroxylation is 1. The predicted molar refractivity (Wildman–Crippen MR) is 105 cm³/mol. The van der Waals surface area contributed by atoms with Crippen LogP contribution in [0.5, 0.6) is 11.5 Å². The minimum absolute atomic E-state index is 0.159. The molecule has 3 aromatic carbocycles. The third-order valence-electron chi connectivity index (χ3n) is 4.89. The quantitative estimate of drug-likeness (QED) is 0.606. The number of amides is 1. The highest BCUT2D eigenvalue weighted by atomic mass is 19.1. The van der Waals surface area contributed by atoms with Crippen molar-refractivity contribution < 1.29 is 18.7 Å². The van der Waals surface area contributed by atoms with Gasteiger partial charge in [-0.25, -0.2) is 4.39 Å². The summed E-state index contributed by atoms with van der Waals surface area (Å²) in [6.07, 6.45) is -0.652. The molecule has 0 N–H and O–H groups in total. The number of carbonyl (C=O) groups excluding carboxylic acids is 1. The van der Waals surface area contributed by atoms with Gasteiger partial charge in [0.25, 0.3) is 5.91 Å². The Balaban J connectivity index is 1.65. The molecular formula is C23H20FNO3. The molecule has 0 unspecified atom stereocenters. The van der Waals surface area contributed by atoms with Crippen LogP contribution in [0.15, 0.2) is 72.8 Å². The average molecular weight is 377 g/mol. The number of β-lactam (4-membered cyclic amide) rings is 1. The summed E-state index contributed by atoms with van der Waals surface area (Å²) in [6.45, 7) is 2.01. The number of benzene rings is 3. The molecule has 142 valence electrons. The van der Waals surface area contributed by atoms with Crippen LogP contribution in [0.3, 0.4) is 0 Å². The number of ether oxygens (including phenoxy) is 2. The van der Waals surface area contributed by atoms with Gasteiger partial charge in [0, 0.05) is 5.69 Å². The lowest BCUT2D eigenvalue weighted by molar-refractivity contribution is -0.135. The largest absolute Gasteiger partial charge is 0.497 e. The first-order valence-corrected chi connectivity index (χ1v) is 9.03. The second-order valence-electron chi connectivity index (χ2n) is 6.75. The van der Waals surface area contributed by atoms with Gasteiger partial charge >= 0.3 is 0 Å². The van der Waals surface area contributed by atoms with Gasteiger partial charge in [-0.05, 0) is 61.0 Å². The van der Waals surface area contributed by atoms with Gasteiger partial charge in [-0.15, -0.1) is 0 Å². The molecule has 1 fully saturated rings. The summed E-state index contributed by atoms with van der Waals surface area (Å²) in [5.74, 6) is 0.813. The van der Waals surface area contributed by atoms with Crippen molar-refractivity contribution in [3.63, 3.8) is 0 Å². The van der Waals surface area contributed by atoms with E-state index in [4.69, 9.17) is 9.47 Å². The monoisotopic (exact) mass is 377 g/mol. The number of rotatable bonds is 5. The van der Waals surface area contributed by atoms with E-state index in [-0.39, 0.29) is 17.8 Å². The van der Waals surface area contributed by atoms with E-state index < -0.39 is 6.10 Å². The van der Waals surface area contributed by atoms with Crippen LogP contribution in [0.25, 0.3) is 0 Å². The van der Waals surface area contributed by atoms with Crippen molar-refractivity contribution in [1.29, 1.82) is 0 Å². The smallest absolute Gasteiger partial charge is 0.271 e. The van der Waals surface area contributed by atoms with E-state index in [1.165, 1.54) is 12.1 Å².